The number of ether oxygens (including phenoxy) is 1. The molecule has 1 aromatic heterocycles. The van der Waals surface area contributed by atoms with Crippen LogP contribution >= 0.6 is 12.2 Å². The predicted octanol–water partition coefficient (Wildman–Crippen LogP) is 3.00. The lowest BCUT2D eigenvalue weighted by Gasteiger charge is -2.24. The minimum atomic E-state index is 0.0248. The number of carbonyl (C=O) groups excluding carboxylic acids is 1. The summed E-state index contributed by atoms with van der Waals surface area (Å²) in [6.07, 6.45) is 2.89. The van der Waals surface area contributed by atoms with E-state index in [2.05, 4.69) is 34.4 Å². The quantitative estimate of drug-likeness (QED) is 0.597. The molecular weight excluding hydrogens is 374 g/mol. The number of amides is 1. The first-order valence-corrected chi connectivity index (χ1v) is 10.3. The molecule has 0 spiro atoms. The summed E-state index contributed by atoms with van der Waals surface area (Å²) in [6, 6.07) is 8.74. The van der Waals surface area contributed by atoms with Crippen molar-refractivity contribution in [2.24, 2.45) is 0 Å². The molecule has 1 unspecified atom stereocenters. The van der Waals surface area contributed by atoms with E-state index in [1.807, 2.05) is 35.8 Å². The molecule has 1 aromatic carbocycles. The van der Waals surface area contributed by atoms with Crippen molar-refractivity contribution in [1.82, 2.24) is 25.0 Å². The van der Waals surface area contributed by atoms with Gasteiger partial charge in [0.25, 0.3) is 0 Å². The molecule has 0 saturated heterocycles. The molecule has 1 heterocycles. The highest BCUT2D eigenvalue weighted by Crippen LogP contribution is 2.26. The number of hydrogen-bond acceptors (Lipinski definition) is 5. The zero-order valence-corrected chi connectivity index (χ0v) is 17.6. The maximum absolute atomic E-state index is 12.3. The number of carbonyl (C=O) groups is 1. The summed E-state index contributed by atoms with van der Waals surface area (Å²) in [7, 11) is 2.13. The van der Waals surface area contributed by atoms with Gasteiger partial charge >= 0.3 is 0 Å². The smallest absolute Gasteiger partial charge is 0.221 e. The molecule has 0 radical (unpaired) electrons. The van der Waals surface area contributed by atoms with E-state index in [1.165, 1.54) is 12.8 Å². The maximum Gasteiger partial charge on any atom is 0.221 e. The van der Waals surface area contributed by atoms with Crippen LogP contribution in [0.5, 0.6) is 5.75 Å². The number of nitrogens with one attached hydrogen (secondary N) is 2. The number of H-pyrrole nitrogens is 1. The van der Waals surface area contributed by atoms with E-state index < -0.39 is 0 Å². The van der Waals surface area contributed by atoms with Crippen LogP contribution in [0.1, 0.15) is 33.1 Å². The Morgan fingerprint density at radius 1 is 1.43 bits per heavy atom. The van der Waals surface area contributed by atoms with Crippen LogP contribution in [-0.4, -0.2) is 57.9 Å². The van der Waals surface area contributed by atoms with E-state index in [1.54, 1.807) is 0 Å². The highest BCUT2D eigenvalue weighted by atomic mass is 32.1. The molecular formula is C20H29N5O2S. The Hall–Kier alpha value is -2.19. The summed E-state index contributed by atoms with van der Waals surface area (Å²) in [5.74, 6) is 1.57. The van der Waals surface area contributed by atoms with Gasteiger partial charge in [-0.15, -0.1) is 0 Å². The third-order valence-electron chi connectivity index (χ3n) is 5.16. The average molecular weight is 404 g/mol. The van der Waals surface area contributed by atoms with Crippen LogP contribution in [0.15, 0.2) is 24.3 Å². The zero-order valence-electron chi connectivity index (χ0n) is 16.8. The molecule has 2 aromatic rings. The Balaban J connectivity index is 1.56. The van der Waals surface area contributed by atoms with Crippen molar-refractivity contribution in [2.45, 2.75) is 51.7 Å². The monoisotopic (exact) mass is 403 g/mol. The van der Waals surface area contributed by atoms with Gasteiger partial charge in [-0.05, 0) is 70.2 Å². The topological polar surface area (TPSA) is 75.2 Å². The first-order valence-electron chi connectivity index (χ1n) is 9.86. The minimum absolute atomic E-state index is 0.0248. The van der Waals surface area contributed by atoms with E-state index in [0.29, 0.717) is 43.0 Å². The molecule has 28 heavy (non-hydrogen) atoms. The molecule has 1 aliphatic rings. The fraction of sp³-hybridized carbons (Fsp3) is 0.550. The molecule has 1 aliphatic carbocycles. The van der Waals surface area contributed by atoms with E-state index in [-0.39, 0.29) is 5.91 Å². The van der Waals surface area contributed by atoms with E-state index in [4.69, 9.17) is 17.0 Å². The number of benzene rings is 1. The van der Waals surface area contributed by atoms with Gasteiger partial charge in [-0.3, -0.25) is 19.4 Å². The van der Waals surface area contributed by atoms with Gasteiger partial charge in [-0.1, -0.05) is 0 Å². The van der Waals surface area contributed by atoms with Gasteiger partial charge in [0.05, 0.1) is 6.61 Å². The lowest BCUT2D eigenvalue weighted by Crippen LogP contribution is -2.41. The van der Waals surface area contributed by atoms with Gasteiger partial charge < -0.3 is 10.1 Å². The number of likely N-dealkylation sites (N-methyl/N-ethyl adjacent to an activating group) is 1. The molecule has 0 bridgehead atoms. The number of hydrogen-bond donors (Lipinski definition) is 2. The Morgan fingerprint density at radius 2 is 2.14 bits per heavy atom. The second-order valence-electron chi connectivity index (χ2n) is 7.26. The van der Waals surface area contributed by atoms with Crippen molar-refractivity contribution in [3.8, 4) is 17.1 Å². The summed E-state index contributed by atoms with van der Waals surface area (Å²) >= 11 is 5.35. The Labute approximate surface area is 171 Å². The minimum Gasteiger partial charge on any atom is -0.494 e. The van der Waals surface area contributed by atoms with Crippen LogP contribution in [0.2, 0.25) is 0 Å². The van der Waals surface area contributed by atoms with Gasteiger partial charge in [0.1, 0.15) is 5.75 Å². The van der Waals surface area contributed by atoms with Gasteiger partial charge in [0.15, 0.2) is 10.6 Å². The fourth-order valence-electron chi connectivity index (χ4n) is 3.16. The molecule has 1 fully saturated rings. The highest BCUT2D eigenvalue weighted by Gasteiger charge is 2.29. The molecule has 2 N–H and O–H groups in total. The number of rotatable bonds is 10. The summed E-state index contributed by atoms with van der Waals surface area (Å²) in [4.78, 5) is 14.6. The molecule has 1 atom stereocenters. The van der Waals surface area contributed by atoms with Crippen molar-refractivity contribution < 1.29 is 9.53 Å². The molecule has 0 aliphatic heterocycles. The Bertz CT molecular complexity index is 841. The van der Waals surface area contributed by atoms with Crippen molar-refractivity contribution in [3.63, 3.8) is 0 Å². The molecule has 7 nitrogen and oxygen atoms in total. The Kier molecular flexibility index (Phi) is 6.85. The third kappa shape index (κ3) is 5.20. The summed E-state index contributed by atoms with van der Waals surface area (Å²) in [6.45, 7) is 5.87. The Morgan fingerprint density at radius 3 is 2.79 bits per heavy atom. The molecule has 1 amide bonds. The molecule has 1 saturated carbocycles. The number of nitrogens with zero attached hydrogens (tertiary/aromatic N) is 3. The van der Waals surface area contributed by atoms with Gasteiger partial charge in [-0.2, -0.15) is 5.10 Å². The second-order valence-corrected chi connectivity index (χ2v) is 7.65. The summed E-state index contributed by atoms with van der Waals surface area (Å²) in [5.41, 5.74) is 0.927. The molecule has 8 heteroatoms. The second kappa shape index (κ2) is 9.34. The number of aromatic nitrogens is 3. The first-order chi connectivity index (χ1) is 13.5. The van der Waals surface area contributed by atoms with Crippen LogP contribution in [0.3, 0.4) is 0 Å². The average Bonchev–Trinajstić information content (AvgIpc) is 3.48. The SMILES string of the molecule is CCOc1ccc(-c2n[nH]c(=S)n2CCC(=O)NCC(C)N(C)C2CC2)cc1. The number of aromatic amines is 1. The highest BCUT2D eigenvalue weighted by molar-refractivity contribution is 7.71. The normalized spacial score (nSPS) is 14.9. The molecule has 3 rings (SSSR count). The van der Waals surface area contributed by atoms with Crippen LogP contribution in [0.4, 0.5) is 0 Å². The first kappa shape index (κ1) is 20.5. The van der Waals surface area contributed by atoms with Crippen molar-refractivity contribution in [3.05, 3.63) is 29.0 Å². The summed E-state index contributed by atoms with van der Waals surface area (Å²) < 4.78 is 7.86. The lowest BCUT2D eigenvalue weighted by molar-refractivity contribution is -0.121. The van der Waals surface area contributed by atoms with Gasteiger partial charge in [0, 0.05) is 37.2 Å². The van der Waals surface area contributed by atoms with Crippen LogP contribution in [0, 0.1) is 4.77 Å². The van der Waals surface area contributed by atoms with Gasteiger partial charge in [0.2, 0.25) is 5.91 Å². The largest absolute Gasteiger partial charge is 0.494 e. The predicted molar refractivity (Wildman–Crippen MR) is 112 cm³/mol. The third-order valence-corrected chi connectivity index (χ3v) is 5.47. The van der Waals surface area contributed by atoms with Crippen LogP contribution in [0.25, 0.3) is 11.4 Å². The van der Waals surface area contributed by atoms with Crippen molar-refractivity contribution in [2.75, 3.05) is 20.2 Å². The fourth-order valence-corrected chi connectivity index (χ4v) is 3.38. The van der Waals surface area contributed by atoms with Crippen molar-refractivity contribution in [1.29, 1.82) is 0 Å². The van der Waals surface area contributed by atoms with Crippen molar-refractivity contribution >= 4 is 18.1 Å². The lowest BCUT2D eigenvalue weighted by atomic mass is 10.2. The molecule has 152 valence electrons. The standard InChI is InChI=1S/C20H29N5O2S/c1-4-27-17-9-5-15(6-10-17)19-22-23-20(28)25(19)12-11-18(26)21-13-14(2)24(3)16-7-8-16/h5-6,9-10,14,16H,4,7-8,11-13H2,1-3H3,(H,21,26)(H,23,28). The van der Waals surface area contributed by atoms with E-state index in [9.17, 15) is 4.79 Å². The summed E-state index contributed by atoms with van der Waals surface area (Å²) in [5, 5.41) is 10.2. The van der Waals surface area contributed by atoms with E-state index in [0.717, 1.165) is 17.1 Å². The van der Waals surface area contributed by atoms with Gasteiger partial charge in [-0.25, -0.2) is 0 Å². The van der Waals surface area contributed by atoms with E-state index >= 15 is 0 Å². The zero-order chi connectivity index (χ0) is 20.1. The maximum atomic E-state index is 12.3. The van der Waals surface area contributed by atoms with Crippen LogP contribution < -0.4 is 10.1 Å². The van der Waals surface area contributed by atoms with Crippen LogP contribution in [-0.2, 0) is 11.3 Å².